The topological polar surface area (TPSA) is 9.23 Å². The number of fused-ring (bicyclic) bond motifs is 1. The van der Waals surface area contributed by atoms with Gasteiger partial charge in [0.25, 0.3) is 0 Å². The third-order valence-corrected chi connectivity index (χ3v) is 3.69. The summed E-state index contributed by atoms with van der Waals surface area (Å²) in [5, 5.41) is 4.30. The van der Waals surface area contributed by atoms with Crippen molar-refractivity contribution >= 4 is 27.9 Å². The molecule has 0 saturated carbocycles. The fourth-order valence-electron chi connectivity index (χ4n) is 1.90. The number of hydrogen-bond acceptors (Lipinski definition) is 2. The SMILES string of the molecule is C=C(Oc1cccc2ccccc12)c1cccs1. The van der Waals surface area contributed by atoms with Gasteiger partial charge in [0.1, 0.15) is 11.5 Å². The van der Waals surface area contributed by atoms with E-state index < -0.39 is 0 Å². The van der Waals surface area contributed by atoms with Crippen molar-refractivity contribution in [1.29, 1.82) is 0 Å². The molecule has 0 unspecified atom stereocenters. The smallest absolute Gasteiger partial charge is 0.137 e. The summed E-state index contributed by atoms with van der Waals surface area (Å²) < 4.78 is 5.89. The Balaban J connectivity index is 1.98. The van der Waals surface area contributed by atoms with Gasteiger partial charge in [-0.3, -0.25) is 0 Å². The van der Waals surface area contributed by atoms with Crippen LogP contribution in [0, 0.1) is 0 Å². The van der Waals surface area contributed by atoms with Gasteiger partial charge in [0, 0.05) is 5.39 Å². The van der Waals surface area contributed by atoms with Gasteiger partial charge in [-0.25, -0.2) is 0 Å². The molecule has 0 fully saturated rings. The predicted molar refractivity (Wildman–Crippen MR) is 77.9 cm³/mol. The molecule has 3 aromatic rings. The van der Waals surface area contributed by atoms with E-state index in [0.29, 0.717) is 5.76 Å². The van der Waals surface area contributed by atoms with E-state index in [9.17, 15) is 0 Å². The Hall–Kier alpha value is -2.06. The number of thiophene rings is 1. The minimum atomic E-state index is 0.696. The monoisotopic (exact) mass is 252 g/mol. The molecule has 18 heavy (non-hydrogen) atoms. The normalized spacial score (nSPS) is 10.4. The third kappa shape index (κ3) is 2.03. The molecular weight excluding hydrogens is 240 g/mol. The van der Waals surface area contributed by atoms with Crippen molar-refractivity contribution < 1.29 is 4.74 Å². The first kappa shape index (κ1) is 11.1. The molecule has 0 aliphatic carbocycles. The maximum absolute atomic E-state index is 5.89. The van der Waals surface area contributed by atoms with E-state index in [0.717, 1.165) is 16.0 Å². The summed E-state index contributed by atoms with van der Waals surface area (Å²) >= 11 is 1.63. The largest absolute Gasteiger partial charge is 0.456 e. The van der Waals surface area contributed by atoms with Crippen molar-refractivity contribution in [3.8, 4) is 5.75 Å². The molecule has 2 aromatic carbocycles. The van der Waals surface area contributed by atoms with Gasteiger partial charge in [-0.05, 0) is 22.9 Å². The molecule has 1 aromatic heterocycles. The molecule has 1 heterocycles. The van der Waals surface area contributed by atoms with E-state index in [-0.39, 0.29) is 0 Å². The van der Waals surface area contributed by atoms with Crippen LogP contribution >= 0.6 is 11.3 Å². The van der Waals surface area contributed by atoms with Crippen LogP contribution in [0.1, 0.15) is 4.88 Å². The van der Waals surface area contributed by atoms with Crippen molar-refractivity contribution in [2.45, 2.75) is 0 Å². The van der Waals surface area contributed by atoms with Crippen molar-refractivity contribution in [2.75, 3.05) is 0 Å². The molecule has 0 radical (unpaired) electrons. The molecule has 3 rings (SSSR count). The Morgan fingerprint density at radius 3 is 2.61 bits per heavy atom. The fraction of sp³-hybridized carbons (Fsp3) is 0. The molecule has 0 aliphatic rings. The predicted octanol–water partition coefficient (Wildman–Crippen LogP) is 4.95. The lowest BCUT2D eigenvalue weighted by atomic mass is 10.1. The molecule has 0 saturated heterocycles. The van der Waals surface area contributed by atoms with Crippen LogP contribution in [-0.4, -0.2) is 0 Å². The highest BCUT2D eigenvalue weighted by Crippen LogP contribution is 2.29. The van der Waals surface area contributed by atoms with E-state index >= 15 is 0 Å². The maximum Gasteiger partial charge on any atom is 0.137 e. The maximum atomic E-state index is 5.89. The quantitative estimate of drug-likeness (QED) is 0.599. The summed E-state index contributed by atoms with van der Waals surface area (Å²) in [4.78, 5) is 1.06. The van der Waals surface area contributed by atoms with E-state index in [1.807, 2.05) is 41.8 Å². The van der Waals surface area contributed by atoms with Gasteiger partial charge in [0.05, 0.1) is 4.88 Å². The van der Waals surface area contributed by atoms with Crippen LogP contribution in [-0.2, 0) is 0 Å². The molecule has 2 heteroatoms. The fourth-order valence-corrected chi connectivity index (χ4v) is 2.54. The highest BCUT2D eigenvalue weighted by molar-refractivity contribution is 7.11. The summed E-state index contributed by atoms with van der Waals surface area (Å²) in [5.41, 5.74) is 0. The van der Waals surface area contributed by atoms with Crippen LogP contribution in [0.15, 0.2) is 66.6 Å². The van der Waals surface area contributed by atoms with Crippen LogP contribution in [0.4, 0.5) is 0 Å². The molecular formula is C16H12OS. The van der Waals surface area contributed by atoms with Crippen LogP contribution < -0.4 is 4.74 Å². The lowest BCUT2D eigenvalue weighted by molar-refractivity contribution is 0.524. The Bertz CT molecular complexity index is 678. The van der Waals surface area contributed by atoms with Crippen molar-refractivity contribution in [2.24, 2.45) is 0 Å². The van der Waals surface area contributed by atoms with E-state index in [1.54, 1.807) is 11.3 Å². The molecule has 1 nitrogen and oxygen atoms in total. The highest BCUT2D eigenvalue weighted by Gasteiger charge is 2.05. The average Bonchev–Trinajstić information content (AvgIpc) is 2.93. The molecule has 88 valence electrons. The third-order valence-electron chi connectivity index (χ3n) is 2.78. The molecule has 0 N–H and O–H groups in total. The number of hydrogen-bond donors (Lipinski definition) is 0. The van der Waals surface area contributed by atoms with Crippen molar-refractivity contribution in [3.05, 3.63) is 71.4 Å². The van der Waals surface area contributed by atoms with Gasteiger partial charge >= 0.3 is 0 Å². The van der Waals surface area contributed by atoms with Crippen molar-refractivity contribution in [3.63, 3.8) is 0 Å². The van der Waals surface area contributed by atoms with E-state index in [2.05, 4.69) is 24.8 Å². The Kier molecular flexibility index (Phi) is 2.87. The summed E-state index contributed by atoms with van der Waals surface area (Å²) in [7, 11) is 0. The Labute approximate surface area is 110 Å². The van der Waals surface area contributed by atoms with Crippen LogP contribution in [0.3, 0.4) is 0 Å². The second-order valence-electron chi connectivity index (χ2n) is 3.98. The minimum Gasteiger partial charge on any atom is -0.456 e. The summed E-state index contributed by atoms with van der Waals surface area (Å²) in [6, 6.07) is 18.2. The lowest BCUT2D eigenvalue weighted by Gasteiger charge is -2.09. The second kappa shape index (κ2) is 4.67. The van der Waals surface area contributed by atoms with Crippen LogP contribution in [0.5, 0.6) is 5.75 Å². The van der Waals surface area contributed by atoms with Crippen molar-refractivity contribution in [1.82, 2.24) is 0 Å². The summed E-state index contributed by atoms with van der Waals surface area (Å²) in [5.74, 6) is 1.55. The minimum absolute atomic E-state index is 0.696. The summed E-state index contributed by atoms with van der Waals surface area (Å²) in [6.07, 6.45) is 0. The molecule has 0 spiro atoms. The highest BCUT2D eigenvalue weighted by atomic mass is 32.1. The standard InChI is InChI=1S/C16H12OS/c1-12(16-10-5-11-18-16)17-15-9-4-7-13-6-2-3-8-14(13)15/h2-11H,1H2. The van der Waals surface area contributed by atoms with Crippen LogP contribution in [0.2, 0.25) is 0 Å². The van der Waals surface area contributed by atoms with Gasteiger partial charge in [-0.15, -0.1) is 11.3 Å². The first-order valence-corrected chi connectivity index (χ1v) is 6.61. The zero-order valence-corrected chi connectivity index (χ0v) is 10.6. The van der Waals surface area contributed by atoms with Gasteiger partial charge in [0.2, 0.25) is 0 Å². The zero-order valence-electron chi connectivity index (χ0n) is 9.80. The Morgan fingerprint density at radius 1 is 0.944 bits per heavy atom. The molecule has 0 atom stereocenters. The Morgan fingerprint density at radius 2 is 1.78 bits per heavy atom. The van der Waals surface area contributed by atoms with Crippen LogP contribution in [0.25, 0.3) is 16.5 Å². The van der Waals surface area contributed by atoms with E-state index in [1.165, 1.54) is 5.39 Å². The second-order valence-corrected chi connectivity index (χ2v) is 4.93. The average molecular weight is 252 g/mol. The zero-order chi connectivity index (χ0) is 12.4. The first-order valence-electron chi connectivity index (χ1n) is 5.73. The summed E-state index contributed by atoms with van der Waals surface area (Å²) in [6.45, 7) is 3.99. The van der Waals surface area contributed by atoms with Gasteiger partial charge in [-0.2, -0.15) is 0 Å². The van der Waals surface area contributed by atoms with E-state index in [4.69, 9.17) is 4.74 Å². The number of ether oxygens (including phenoxy) is 1. The molecule has 0 bridgehead atoms. The molecule has 0 aliphatic heterocycles. The first-order chi connectivity index (χ1) is 8.84. The van der Waals surface area contributed by atoms with Gasteiger partial charge < -0.3 is 4.74 Å². The number of rotatable bonds is 3. The number of benzene rings is 2. The van der Waals surface area contributed by atoms with Gasteiger partial charge in [0.15, 0.2) is 0 Å². The van der Waals surface area contributed by atoms with Gasteiger partial charge in [-0.1, -0.05) is 49.0 Å². The molecule has 0 amide bonds. The lowest BCUT2D eigenvalue weighted by Crippen LogP contribution is -1.91.